The summed E-state index contributed by atoms with van der Waals surface area (Å²) in [6.45, 7) is 1.50. The van der Waals surface area contributed by atoms with Crippen LogP contribution in [0.15, 0.2) is 48.5 Å². The van der Waals surface area contributed by atoms with Gasteiger partial charge >= 0.3 is 0 Å². The van der Waals surface area contributed by atoms with Gasteiger partial charge in [-0.1, -0.05) is 55.6 Å². The standard InChI is InChI=1S/C26H34ClN3O5S/c1-4-23(26(32)28-20-9-5-6-10-20)29(17-19-13-15-21(35-2)16-14-19)25(31)18-30(36(3,33)34)24-12-8-7-11-22(24)27/h7-8,11-16,20,23H,4-6,9-10,17-18H2,1-3H3,(H,28,32)/t23-/m0/s1. The molecule has 1 N–H and O–H groups in total. The second-order valence-corrected chi connectivity index (χ2v) is 11.3. The molecule has 1 saturated carbocycles. The number of benzene rings is 2. The molecule has 0 heterocycles. The minimum absolute atomic E-state index is 0.0973. The fraction of sp³-hybridized carbons (Fsp3) is 0.462. The van der Waals surface area contributed by atoms with Gasteiger partial charge in [-0.3, -0.25) is 13.9 Å². The van der Waals surface area contributed by atoms with Crippen LogP contribution in [0.2, 0.25) is 5.02 Å². The Labute approximate surface area is 218 Å². The fourth-order valence-corrected chi connectivity index (χ4v) is 5.61. The van der Waals surface area contributed by atoms with Crippen molar-refractivity contribution in [3.8, 4) is 5.75 Å². The number of sulfonamides is 1. The van der Waals surface area contributed by atoms with Crippen molar-refractivity contribution in [1.82, 2.24) is 10.2 Å². The molecule has 36 heavy (non-hydrogen) atoms. The number of carbonyl (C=O) groups excluding carboxylic acids is 2. The van der Waals surface area contributed by atoms with Crippen LogP contribution in [0, 0.1) is 0 Å². The van der Waals surface area contributed by atoms with Crippen molar-refractivity contribution in [2.75, 3.05) is 24.2 Å². The van der Waals surface area contributed by atoms with E-state index in [4.69, 9.17) is 16.3 Å². The second kappa shape index (κ2) is 12.5. The highest BCUT2D eigenvalue weighted by Crippen LogP contribution is 2.28. The van der Waals surface area contributed by atoms with Gasteiger partial charge in [0, 0.05) is 12.6 Å². The first-order valence-electron chi connectivity index (χ1n) is 12.1. The van der Waals surface area contributed by atoms with Crippen molar-refractivity contribution >= 4 is 39.1 Å². The summed E-state index contributed by atoms with van der Waals surface area (Å²) >= 11 is 6.27. The van der Waals surface area contributed by atoms with Gasteiger partial charge in [-0.2, -0.15) is 0 Å². The van der Waals surface area contributed by atoms with Gasteiger partial charge < -0.3 is 15.0 Å². The summed E-state index contributed by atoms with van der Waals surface area (Å²) in [6.07, 6.45) is 5.38. The second-order valence-electron chi connectivity index (χ2n) is 9.00. The fourth-order valence-electron chi connectivity index (χ4n) is 4.46. The molecule has 3 rings (SSSR count). The van der Waals surface area contributed by atoms with E-state index in [0.29, 0.717) is 12.2 Å². The molecule has 10 heteroatoms. The molecule has 2 aromatic carbocycles. The molecule has 0 spiro atoms. The molecular formula is C26H34ClN3O5S. The highest BCUT2D eigenvalue weighted by molar-refractivity contribution is 7.92. The molecule has 1 aliphatic carbocycles. The van der Waals surface area contributed by atoms with Gasteiger partial charge in [0.1, 0.15) is 18.3 Å². The van der Waals surface area contributed by atoms with Gasteiger partial charge in [-0.05, 0) is 49.1 Å². The molecule has 1 fully saturated rings. The predicted molar refractivity (Wildman–Crippen MR) is 142 cm³/mol. The van der Waals surface area contributed by atoms with E-state index in [9.17, 15) is 18.0 Å². The summed E-state index contributed by atoms with van der Waals surface area (Å²) in [5.41, 5.74) is 1.00. The molecule has 8 nitrogen and oxygen atoms in total. The van der Waals surface area contributed by atoms with Crippen molar-refractivity contribution in [3.63, 3.8) is 0 Å². The summed E-state index contributed by atoms with van der Waals surface area (Å²) in [6, 6.07) is 13.0. The summed E-state index contributed by atoms with van der Waals surface area (Å²) in [5.74, 6) is -0.0517. The minimum Gasteiger partial charge on any atom is -0.497 e. The van der Waals surface area contributed by atoms with Crippen LogP contribution in [0.3, 0.4) is 0 Å². The number of amides is 2. The monoisotopic (exact) mass is 535 g/mol. The maximum Gasteiger partial charge on any atom is 0.244 e. The number of rotatable bonds is 11. The Hall–Kier alpha value is -2.78. The number of para-hydroxylation sites is 1. The summed E-state index contributed by atoms with van der Waals surface area (Å²) in [4.78, 5) is 28.5. The zero-order valence-corrected chi connectivity index (χ0v) is 22.5. The van der Waals surface area contributed by atoms with E-state index in [1.165, 1.54) is 4.90 Å². The van der Waals surface area contributed by atoms with Gasteiger partial charge in [0.25, 0.3) is 0 Å². The maximum absolute atomic E-state index is 13.7. The summed E-state index contributed by atoms with van der Waals surface area (Å²) in [7, 11) is -2.27. The zero-order chi connectivity index (χ0) is 26.3. The van der Waals surface area contributed by atoms with Gasteiger partial charge in [-0.15, -0.1) is 0 Å². The van der Waals surface area contributed by atoms with E-state index in [-0.39, 0.29) is 29.2 Å². The van der Waals surface area contributed by atoms with Crippen molar-refractivity contribution in [1.29, 1.82) is 0 Å². The third-order valence-electron chi connectivity index (χ3n) is 6.40. The first kappa shape index (κ1) is 27.8. The summed E-state index contributed by atoms with van der Waals surface area (Å²) < 4.78 is 31.6. The van der Waals surface area contributed by atoms with Crippen molar-refractivity contribution in [3.05, 3.63) is 59.1 Å². The molecule has 0 saturated heterocycles. The maximum atomic E-state index is 13.7. The van der Waals surface area contributed by atoms with Crippen molar-refractivity contribution in [2.45, 2.75) is 57.7 Å². The van der Waals surface area contributed by atoms with E-state index in [1.54, 1.807) is 43.5 Å². The first-order chi connectivity index (χ1) is 17.1. The van der Waals surface area contributed by atoms with Crippen LogP contribution < -0.4 is 14.4 Å². The van der Waals surface area contributed by atoms with Gasteiger partial charge in [0.05, 0.1) is 24.1 Å². The number of ether oxygens (including phenoxy) is 1. The number of halogens is 1. The average molecular weight is 536 g/mol. The molecule has 0 unspecified atom stereocenters. The van der Waals surface area contributed by atoms with Crippen LogP contribution in [0.4, 0.5) is 5.69 Å². The Bertz CT molecular complexity index is 1150. The van der Waals surface area contributed by atoms with E-state index >= 15 is 0 Å². The molecule has 0 radical (unpaired) electrons. The van der Waals surface area contributed by atoms with Crippen molar-refractivity contribution < 1.29 is 22.7 Å². The van der Waals surface area contributed by atoms with Crippen LogP contribution in [-0.2, 0) is 26.2 Å². The number of anilines is 1. The topological polar surface area (TPSA) is 96.0 Å². The molecule has 2 amide bonds. The number of hydrogen-bond acceptors (Lipinski definition) is 5. The molecule has 2 aromatic rings. The number of nitrogens with one attached hydrogen (secondary N) is 1. The molecule has 1 atom stereocenters. The van der Waals surface area contributed by atoms with E-state index in [2.05, 4.69) is 5.32 Å². The van der Waals surface area contributed by atoms with Crippen LogP contribution in [0.5, 0.6) is 5.75 Å². The molecule has 0 aliphatic heterocycles. The Kier molecular flexibility index (Phi) is 9.62. The predicted octanol–water partition coefficient (Wildman–Crippen LogP) is 3.98. The SMILES string of the molecule is CC[C@@H](C(=O)NC1CCCC1)N(Cc1ccc(OC)cc1)C(=O)CN(c1ccccc1Cl)S(C)(=O)=O. The normalized spacial score (nSPS) is 14.8. The minimum atomic E-state index is -3.84. The number of hydrogen-bond donors (Lipinski definition) is 1. The lowest BCUT2D eigenvalue weighted by Crippen LogP contribution is -2.53. The van der Waals surface area contributed by atoms with E-state index in [0.717, 1.165) is 41.8 Å². The Balaban J connectivity index is 1.92. The highest BCUT2D eigenvalue weighted by Gasteiger charge is 2.33. The molecule has 196 valence electrons. The van der Waals surface area contributed by atoms with E-state index in [1.807, 2.05) is 19.1 Å². The average Bonchev–Trinajstić information content (AvgIpc) is 3.35. The van der Waals surface area contributed by atoms with Crippen molar-refractivity contribution in [2.24, 2.45) is 0 Å². The van der Waals surface area contributed by atoms with Gasteiger partial charge in [-0.25, -0.2) is 8.42 Å². The van der Waals surface area contributed by atoms with E-state index < -0.39 is 28.5 Å². The number of methoxy groups -OCH3 is 1. The molecular weight excluding hydrogens is 502 g/mol. The van der Waals surface area contributed by atoms with Crippen LogP contribution in [-0.4, -0.2) is 57.1 Å². The van der Waals surface area contributed by atoms with Crippen LogP contribution >= 0.6 is 11.6 Å². The molecule has 0 bridgehead atoms. The van der Waals surface area contributed by atoms with Crippen LogP contribution in [0.25, 0.3) is 0 Å². The summed E-state index contributed by atoms with van der Waals surface area (Å²) in [5, 5.41) is 3.30. The Morgan fingerprint density at radius 2 is 1.75 bits per heavy atom. The third-order valence-corrected chi connectivity index (χ3v) is 7.85. The lowest BCUT2D eigenvalue weighted by molar-refractivity contribution is -0.140. The highest BCUT2D eigenvalue weighted by atomic mass is 35.5. The Morgan fingerprint density at radius 3 is 2.31 bits per heavy atom. The van der Waals surface area contributed by atoms with Gasteiger partial charge in [0.15, 0.2) is 0 Å². The number of nitrogens with zero attached hydrogens (tertiary/aromatic N) is 2. The van der Waals surface area contributed by atoms with Crippen LogP contribution in [0.1, 0.15) is 44.6 Å². The zero-order valence-electron chi connectivity index (χ0n) is 20.9. The Morgan fingerprint density at radius 1 is 1.11 bits per heavy atom. The largest absolute Gasteiger partial charge is 0.497 e. The smallest absolute Gasteiger partial charge is 0.244 e. The molecule has 1 aliphatic rings. The quantitative estimate of drug-likeness (QED) is 0.469. The van der Waals surface area contributed by atoms with Gasteiger partial charge in [0.2, 0.25) is 21.8 Å². The molecule has 0 aromatic heterocycles. The lowest BCUT2D eigenvalue weighted by Gasteiger charge is -2.33. The number of carbonyl (C=O) groups is 2. The third kappa shape index (κ3) is 7.13. The first-order valence-corrected chi connectivity index (χ1v) is 14.3. The lowest BCUT2D eigenvalue weighted by atomic mass is 10.1.